The van der Waals surface area contributed by atoms with Crippen molar-refractivity contribution in [2.45, 2.75) is 19.5 Å². The van der Waals surface area contributed by atoms with Crippen molar-refractivity contribution in [3.05, 3.63) is 95.4 Å². The molecule has 0 radical (unpaired) electrons. The molecular weight excluding hydrogens is 400 g/mol. The first-order valence-electron chi connectivity index (χ1n) is 10.7. The molecule has 0 unspecified atom stereocenters. The molecule has 1 amide bonds. The highest BCUT2D eigenvalue weighted by molar-refractivity contribution is 6.04. The molecule has 5 rings (SSSR count). The Labute approximate surface area is 186 Å². The van der Waals surface area contributed by atoms with Crippen LogP contribution in [-0.2, 0) is 19.5 Å². The Morgan fingerprint density at radius 1 is 1.06 bits per heavy atom. The molecule has 6 heteroatoms. The lowest BCUT2D eigenvalue weighted by atomic mass is 9.98. The molecule has 4 aromatic rings. The Balaban J connectivity index is 1.31. The van der Waals surface area contributed by atoms with Crippen LogP contribution in [0.5, 0.6) is 5.75 Å². The Kier molecular flexibility index (Phi) is 5.52. The van der Waals surface area contributed by atoms with Gasteiger partial charge in [-0.3, -0.25) is 14.7 Å². The monoisotopic (exact) mass is 424 g/mol. The Bertz CT molecular complexity index is 1270. The molecule has 6 nitrogen and oxygen atoms in total. The Morgan fingerprint density at radius 3 is 2.78 bits per heavy atom. The van der Waals surface area contributed by atoms with Gasteiger partial charge in [-0.1, -0.05) is 24.3 Å². The summed E-state index contributed by atoms with van der Waals surface area (Å²) in [7, 11) is 1.68. The van der Waals surface area contributed by atoms with Crippen LogP contribution in [0.2, 0.25) is 0 Å². The number of nitrogens with zero attached hydrogens (tertiary/aromatic N) is 3. The summed E-state index contributed by atoms with van der Waals surface area (Å²) in [6.07, 6.45) is 4.22. The molecule has 2 aromatic heterocycles. The van der Waals surface area contributed by atoms with Crippen LogP contribution in [0.25, 0.3) is 10.9 Å². The smallest absolute Gasteiger partial charge is 0.255 e. The number of benzene rings is 2. The SMILES string of the molecule is COc1cccc2ccc(CN3CCc4ccc(NC(=O)c5ccncc5)cc4C3)nc12. The predicted octanol–water partition coefficient (Wildman–Crippen LogP) is 4.45. The molecule has 3 heterocycles. The van der Waals surface area contributed by atoms with Gasteiger partial charge in [-0.25, -0.2) is 4.98 Å². The maximum Gasteiger partial charge on any atom is 0.255 e. The van der Waals surface area contributed by atoms with E-state index < -0.39 is 0 Å². The van der Waals surface area contributed by atoms with E-state index in [1.807, 2.05) is 24.3 Å². The summed E-state index contributed by atoms with van der Waals surface area (Å²) in [4.78, 5) is 23.7. The van der Waals surface area contributed by atoms with Gasteiger partial charge in [0.25, 0.3) is 5.91 Å². The normalized spacial score (nSPS) is 13.5. The summed E-state index contributed by atoms with van der Waals surface area (Å²) in [5, 5.41) is 4.07. The summed E-state index contributed by atoms with van der Waals surface area (Å²) in [5.74, 6) is 0.664. The molecule has 1 N–H and O–H groups in total. The highest BCUT2D eigenvalue weighted by atomic mass is 16.5. The zero-order valence-electron chi connectivity index (χ0n) is 17.9. The standard InChI is InChI=1S/C26H24N4O2/c1-32-24-4-2-3-19-6-8-23(28-25(19)24)17-30-14-11-18-5-7-22(15-21(18)16-30)29-26(31)20-9-12-27-13-10-20/h2-10,12-13,15H,11,14,16-17H2,1H3,(H,29,31). The minimum Gasteiger partial charge on any atom is -0.494 e. The highest BCUT2D eigenvalue weighted by Gasteiger charge is 2.18. The zero-order chi connectivity index (χ0) is 21.9. The largest absolute Gasteiger partial charge is 0.494 e. The molecule has 0 spiro atoms. The second-order valence-corrected chi connectivity index (χ2v) is 7.97. The molecule has 0 saturated heterocycles. The van der Waals surface area contributed by atoms with Gasteiger partial charge in [0.2, 0.25) is 0 Å². The van der Waals surface area contributed by atoms with Gasteiger partial charge in [0, 0.05) is 48.7 Å². The zero-order valence-corrected chi connectivity index (χ0v) is 17.9. The number of hydrogen-bond donors (Lipinski definition) is 1. The third kappa shape index (κ3) is 4.18. The van der Waals surface area contributed by atoms with Crippen LogP contribution in [0.15, 0.2) is 73.1 Å². The van der Waals surface area contributed by atoms with Crippen LogP contribution in [0.1, 0.15) is 27.2 Å². The number of para-hydroxylation sites is 1. The van der Waals surface area contributed by atoms with Crippen LogP contribution in [0.4, 0.5) is 5.69 Å². The van der Waals surface area contributed by atoms with Gasteiger partial charge in [-0.05, 0) is 53.9 Å². The molecule has 32 heavy (non-hydrogen) atoms. The first-order valence-corrected chi connectivity index (χ1v) is 10.7. The maximum absolute atomic E-state index is 12.5. The van der Waals surface area contributed by atoms with Crippen molar-refractivity contribution in [2.75, 3.05) is 19.0 Å². The molecule has 160 valence electrons. The van der Waals surface area contributed by atoms with Crippen LogP contribution in [0.3, 0.4) is 0 Å². The Morgan fingerprint density at radius 2 is 1.94 bits per heavy atom. The first kappa shape index (κ1) is 20.2. The third-order valence-corrected chi connectivity index (χ3v) is 5.84. The quantitative estimate of drug-likeness (QED) is 0.513. The number of hydrogen-bond acceptors (Lipinski definition) is 5. The number of nitrogens with one attached hydrogen (secondary N) is 1. The molecule has 0 aliphatic carbocycles. The van der Waals surface area contributed by atoms with Crippen molar-refractivity contribution < 1.29 is 9.53 Å². The first-order chi connectivity index (χ1) is 15.7. The van der Waals surface area contributed by atoms with Gasteiger partial charge in [-0.15, -0.1) is 0 Å². The fraction of sp³-hybridized carbons (Fsp3) is 0.192. The van der Waals surface area contributed by atoms with E-state index in [4.69, 9.17) is 9.72 Å². The van der Waals surface area contributed by atoms with Crippen molar-refractivity contribution >= 4 is 22.5 Å². The number of amides is 1. The highest BCUT2D eigenvalue weighted by Crippen LogP contribution is 2.26. The lowest BCUT2D eigenvalue weighted by Crippen LogP contribution is -2.30. The van der Waals surface area contributed by atoms with Crippen LogP contribution >= 0.6 is 0 Å². The fourth-order valence-electron chi connectivity index (χ4n) is 4.18. The average molecular weight is 425 g/mol. The van der Waals surface area contributed by atoms with Crippen LogP contribution in [-0.4, -0.2) is 34.4 Å². The van der Waals surface area contributed by atoms with Gasteiger partial charge in [0.05, 0.1) is 12.8 Å². The second-order valence-electron chi connectivity index (χ2n) is 7.97. The molecule has 1 aliphatic rings. The minimum atomic E-state index is -0.130. The Hall–Kier alpha value is -3.77. The van der Waals surface area contributed by atoms with E-state index >= 15 is 0 Å². The molecule has 1 aliphatic heterocycles. The molecule has 0 atom stereocenters. The molecular formula is C26H24N4O2. The lowest BCUT2D eigenvalue weighted by molar-refractivity contribution is 0.102. The van der Waals surface area contributed by atoms with E-state index in [-0.39, 0.29) is 5.91 Å². The number of fused-ring (bicyclic) bond motifs is 2. The molecule has 2 aromatic carbocycles. The topological polar surface area (TPSA) is 67.3 Å². The lowest BCUT2D eigenvalue weighted by Gasteiger charge is -2.29. The summed E-state index contributed by atoms with van der Waals surface area (Å²) in [6, 6.07) is 19.8. The summed E-state index contributed by atoms with van der Waals surface area (Å²) in [5.41, 5.74) is 5.88. The number of carbonyl (C=O) groups excluding carboxylic acids is 1. The van der Waals surface area contributed by atoms with Crippen LogP contribution < -0.4 is 10.1 Å². The number of anilines is 1. The maximum atomic E-state index is 12.5. The fourth-order valence-corrected chi connectivity index (χ4v) is 4.18. The summed E-state index contributed by atoms with van der Waals surface area (Å²) >= 11 is 0. The van der Waals surface area contributed by atoms with E-state index in [2.05, 4.69) is 39.5 Å². The number of carbonyl (C=O) groups is 1. The van der Waals surface area contributed by atoms with Gasteiger partial charge in [0.15, 0.2) is 0 Å². The number of aromatic nitrogens is 2. The number of rotatable bonds is 5. The number of methoxy groups -OCH3 is 1. The average Bonchev–Trinajstić information content (AvgIpc) is 2.84. The predicted molar refractivity (Wildman–Crippen MR) is 125 cm³/mol. The van der Waals surface area contributed by atoms with Gasteiger partial charge in [-0.2, -0.15) is 0 Å². The van der Waals surface area contributed by atoms with Crippen molar-refractivity contribution in [3.8, 4) is 5.75 Å². The van der Waals surface area contributed by atoms with Crippen molar-refractivity contribution in [1.82, 2.24) is 14.9 Å². The van der Waals surface area contributed by atoms with Gasteiger partial charge in [0.1, 0.15) is 11.3 Å². The van der Waals surface area contributed by atoms with Crippen LogP contribution in [0, 0.1) is 0 Å². The summed E-state index contributed by atoms with van der Waals surface area (Å²) in [6.45, 7) is 2.56. The van der Waals surface area contributed by atoms with E-state index in [1.54, 1.807) is 31.6 Å². The third-order valence-electron chi connectivity index (χ3n) is 5.84. The minimum absolute atomic E-state index is 0.130. The van der Waals surface area contributed by atoms with E-state index in [0.717, 1.165) is 54.1 Å². The summed E-state index contributed by atoms with van der Waals surface area (Å²) < 4.78 is 5.48. The molecule has 0 saturated carbocycles. The van der Waals surface area contributed by atoms with Crippen molar-refractivity contribution in [2.24, 2.45) is 0 Å². The molecule has 0 bridgehead atoms. The second kappa shape index (κ2) is 8.77. The van der Waals surface area contributed by atoms with Gasteiger partial charge < -0.3 is 10.1 Å². The number of ether oxygens (including phenoxy) is 1. The van der Waals surface area contributed by atoms with E-state index in [9.17, 15) is 4.79 Å². The van der Waals surface area contributed by atoms with E-state index in [1.165, 1.54) is 11.1 Å². The number of pyridine rings is 2. The van der Waals surface area contributed by atoms with Gasteiger partial charge >= 0.3 is 0 Å². The molecule has 0 fully saturated rings. The van der Waals surface area contributed by atoms with Crippen molar-refractivity contribution in [3.63, 3.8) is 0 Å². The van der Waals surface area contributed by atoms with E-state index in [0.29, 0.717) is 5.56 Å². The van der Waals surface area contributed by atoms with Crippen molar-refractivity contribution in [1.29, 1.82) is 0 Å².